The molecule has 0 saturated heterocycles. The van der Waals surface area contributed by atoms with Gasteiger partial charge in [0.1, 0.15) is 0 Å². The molecule has 0 amide bonds. The number of hydrogen-bond acceptors (Lipinski definition) is 4. The molecule has 1 fully saturated rings. The topological polar surface area (TPSA) is 64.4 Å². The largest absolute Gasteiger partial charge is 0.298 e. The first-order valence-electron chi connectivity index (χ1n) is 5.98. The van der Waals surface area contributed by atoms with Gasteiger partial charge < -0.3 is 0 Å². The highest BCUT2D eigenvalue weighted by Gasteiger charge is 2.17. The van der Waals surface area contributed by atoms with E-state index < -0.39 is 0 Å². The van der Waals surface area contributed by atoms with E-state index in [0.717, 1.165) is 17.3 Å². The predicted molar refractivity (Wildman–Crippen MR) is 71.0 cm³/mol. The third-order valence-electron chi connectivity index (χ3n) is 3.05. The summed E-state index contributed by atoms with van der Waals surface area (Å²) in [5, 5.41) is 10.9. The Hall–Kier alpha value is -0.980. The lowest BCUT2D eigenvalue weighted by atomic mass is 10.2. The number of halogens is 1. The molecule has 0 aromatic heterocycles. The first-order chi connectivity index (χ1) is 8.66. The van der Waals surface area contributed by atoms with Crippen LogP contribution in [0, 0.1) is 10.1 Å². The summed E-state index contributed by atoms with van der Waals surface area (Å²) < 4.78 is 0.825. The molecule has 0 unspecified atom stereocenters. The number of benzene rings is 1. The van der Waals surface area contributed by atoms with Gasteiger partial charge in [-0.1, -0.05) is 28.8 Å². The van der Waals surface area contributed by atoms with Gasteiger partial charge in [-0.3, -0.25) is 15.0 Å². The molecule has 0 radical (unpaired) electrons. The van der Waals surface area contributed by atoms with Crippen molar-refractivity contribution in [1.29, 1.82) is 0 Å². The monoisotopic (exact) mass is 314 g/mol. The highest BCUT2D eigenvalue weighted by Crippen LogP contribution is 2.24. The summed E-state index contributed by atoms with van der Waals surface area (Å²) in [6, 6.07) is 4.90. The predicted octanol–water partition coefficient (Wildman–Crippen LogP) is 3.32. The van der Waals surface area contributed by atoms with E-state index in [9.17, 15) is 10.1 Å². The minimum absolute atomic E-state index is 0.112. The third-order valence-corrected chi connectivity index (χ3v) is 3.55. The smallest absolute Gasteiger partial charge is 0.274 e. The second-order valence-corrected chi connectivity index (χ2v) is 5.29. The molecule has 6 heteroatoms. The van der Waals surface area contributed by atoms with Gasteiger partial charge in [0.25, 0.3) is 5.69 Å². The number of nitrogens with one attached hydrogen (secondary N) is 1. The van der Waals surface area contributed by atoms with Gasteiger partial charge in [0, 0.05) is 16.1 Å². The fourth-order valence-electron chi connectivity index (χ4n) is 2.12. The van der Waals surface area contributed by atoms with Crippen molar-refractivity contribution in [3.63, 3.8) is 0 Å². The molecule has 98 valence electrons. The maximum absolute atomic E-state index is 10.9. The molecular weight excluding hydrogens is 300 g/mol. The minimum atomic E-state index is -0.376. The zero-order chi connectivity index (χ0) is 13.0. The minimum Gasteiger partial charge on any atom is -0.298 e. The Kier molecular flexibility index (Phi) is 4.68. The summed E-state index contributed by atoms with van der Waals surface area (Å²) in [6.45, 7) is 0.340. The zero-order valence-corrected chi connectivity index (χ0v) is 11.5. The molecule has 0 spiro atoms. The zero-order valence-electron chi connectivity index (χ0n) is 9.89. The SMILES string of the molecule is O=[N+]([O-])c1ccc(Br)cc1CNOC1CCCC1. The summed E-state index contributed by atoms with van der Waals surface area (Å²) in [5.41, 5.74) is 3.57. The van der Waals surface area contributed by atoms with Crippen molar-refractivity contribution in [2.24, 2.45) is 0 Å². The van der Waals surface area contributed by atoms with Crippen molar-refractivity contribution in [3.8, 4) is 0 Å². The van der Waals surface area contributed by atoms with Crippen LogP contribution >= 0.6 is 15.9 Å². The van der Waals surface area contributed by atoms with E-state index in [4.69, 9.17) is 4.84 Å². The molecule has 1 aliphatic carbocycles. The molecule has 1 aromatic rings. The molecular formula is C12H15BrN2O3. The summed E-state index contributed by atoms with van der Waals surface area (Å²) in [4.78, 5) is 16.0. The summed E-state index contributed by atoms with van der Waals surface area (Å²) in [6.07, 6.45) is 4.77. The molecule has 1 N–H and O–H groups in total. The number of rotatable bonds is 5. The van der Waals surface area contributed by atoms with Crippen molar-refractivity contribution < 1.29 is 9.76 Å². The Bertz CT molecular complexity index is 433. The number of nitro benzene ring substituents is 1. The van der Waals surface area contributed by atoms with Gasteiger partial charge in [-0.2, -0.15) is 5.48 Å². The van der Waals surface area contributed by atoms with Crippen LogP contribution in [-0.4, -0.2) is 11.0 Å². The van der Waals surface area contributed by atoms with Crippen LogP contribution in [0.5, 0.6) is 0 Å². The van der Waals surface area contributed by atoms with Crippen molar-refractivity contribution in [1.82, 2.24) is 5.48 Å². The van der Waals surface area contributed by atoms with Crippen molar-refractivity contribution in [3.05, 3.63) is 38.3 Å². The summed E-state index contributed by atoms with van der Waals surface area (Å²) in [5.74, 6) is 0. The quantitative estimate of drug-likeness (QED) is 0.669. The molecule has 18 heavy (non-hydrogen) atoms. The van der Waals surface area contributed by atoms with Crippen molar-refractivity contribution in [2.45, 2.75) is 38.3 Å². The number of hydrogen-bond donors (Lipinski definition) is 1. The molecule has 0 bridgehead atoms. The third kappa shape index (κ3) is 3.51. The second kappa shape index (κ2) is 6.26. The molecule has 5 nitrogen and oxygen atoms in total. The molecule has 1 saturated carbocycles. The van der Waals surface area contributed by atoms with E-state index in [1.165, 1.54) is 18.9 Å². The molecule has 0 atom stereocenters. The van der Waals surface area contributed by atoms with Crippen LogP contribution < -0.4 is 5.48 Å². The first kappa shape index (κ1) is 13.5. The second-order valence-electron chi connectivity index (χ2n) is 4.38. The van der Waals surface area contributed by atoms with Gasteiger partial charge in [-0.25, -0.2) is 0 Å². The lowest BCUT2D eigenvalue weighted by molar-refractivity contribution is -0.385. The van der Waals surface area contributed by atoms with E-state index in [1.54, 1.807) is 12.1 Å². The average Bonchev–Trinajstić information content (AvgIpc) is 2.82. The molecule has 0 aliphatic heterocycles. The Balaban J connectivity index is 1.94. The van der Waals surface area contributed by atoms with Crippen LogP contribution in [0.15, 0.2) is 22.7 Å². The maximum Gasteiger partial charge on any atom is 0.274 e. The highest BCUT2D eigenvalue weighted by molar-refractivity contribution is 9.10. The number of nitro groups is 1. The standard InChI is InChI=1S/C12H15BrN2O3/c13-10-5-6-12(15(16)17)9(7-10)8-14-18-11-3-1-2-4-11/h5-7,11,14H,1-4,8H2. The lowest BCUT2D eigenvalue weighted by Crippen LogP contribution is -2.21. The fourth-order valence-corrected chi connectivity index (χ4v) is 2.53. The van der Waals surface area contributed by atoms with E-state index in [0.29, 0.717) is 12.1 Å². The number of hydroxylamine groups is 1. The van der Waals surface area contributed by atoms with Crippen LogP contribution in [0.1, 0.15) is 31.2 Å². The van der Waals surface area contributed by atoms with Gasteiger partial charge in [0.15, 0.2) is 0 Å². The number of nitrogens with zero attached hydrogens (tertiary/aromatic N) is 1. The Morgan fingerprint density at radius 3 is 2.83 bits per heavy atom. The van der Waals surface area contributed by atoms with Gasteiger partial charge in [0.05, 0.1) is 17.6 Å². The van der Waals surface area contributed by atoms with Crippen molar-refractivity contribution >= 4 is 21.6 Å². The van der Waals surface area contributed by atoms with Crippen LogP contribution in [0.3, 0.4) is 0 Å². The van der Waals surface area contributed by atoms with E-state index >= 15 is 0 Å². The Morgan fingerprint density at radius 2 is 2.17 bits per heavy atom. The molecule has 2 rings (SSSR count). The highest BCUT2D eigenvalue weighted by atomic mass is 79.9. The molecule has 0 heterocycles. The van der Waals surface area contributed by atoms with Gasteiger partial charge in [-0.05, 0) is 25.0 Å². The van der Waals surface area contributed by atoms with Crippen LogP contribution in [0.4, 0.5) is 5.69 Å². The first-order valence-corrected chi connectivity index (χ1v) is 6.77. The van der Waals surface area contributed by atoms with Crippen LogP contribution in [-0.2, 0) is 11.4 Å². The fraction of sp³-hybridized carbons (Fsp3) is 0.500. The normalized spacial score (nSPS) is 16.1. The van der Waals surface area contributed by atoms with Gasteiger partial charge in [-0.15, -0.1) is 0 Å². The molecule has 1 aromatic carbocycles. The van der Waals surface area contributed by atoms with E-state index in [-0.39, 0.29) is 16.7 Å². The van der Waals surface area contributed by atoms with E-state index in [2.05, 4.69) is 21.4 Å². The van der Waals surface area contributed by atoms with Crippen LogP contribution in [0.2, 0.25) is 0 Å². The Labute approximate surface area is 114 Å². The lowest BCUT2D eigenvalue weighted by Gasteiger charge is -2.11. The van der Waals surface area contributed by atoms with Crippen LogP contribution in [0.25, 0.3) is 0 Å². The molecule has 1 aliphatic rings. The van der Waals surface area contributed by atoms with Gasteiger partial charge >= 0.3 is 0 Å². The van der Waals surface area contributed by atoms with Crippen molar-refractivity contribution in [2.75, 3.05) is 0 Å². The van der Waals surface area contributed by atoms with Gasteiger partial charge in [0.2, 0.25) is 0 Å². The average molecular weight is 315 g/mol. The Morgan fingerprint density at radius 1 is 1.44 bits per heavy atom. The maximum atomic E-state index is 10.9. The summed E-state index contributed by atoms with van der Waals surface area (Å²) >= 11 is 3.31. The van der Waals surface area contributed by atoms with E-state index in [1.807, 2.05) is 0 Å². The summed E-state index contributed by atoms with van der Waals surface area (Å²) in [7, 11) is 0.